The molecule has 0 radical (unpaired) electrons. The first-order valence-electron chi connectivity index (χ1n) is 6.18. The second-order valence-electron chi connectivity index (χ2n) is 4.43. The van der Waals surface area contributed by atoms with Crippen molar-refractivity contribution in [2.24, 2.45) is 0 Å². The van der Waals surface area contributed by atoms with Gasteiger partial charge < -0.3 is 20.3 Å². The number of para-hydroxylation sites is 1. The molecule has 0 saturated carbocycles. The van der Waals surface area contributed by atoms with E-state index in [1.54, 1.807) is 24.3 Å². The highest BCUT2D eigenvalue weighted by atomic mass is 16.6. The molecular formula is C15H13NO4. The maximum absolute atomic E-state index is 11.5. The molecule has 0 bridgehead atoms. The van der Waals surface area contributed by atoms with Crippen LogP contribution in [0.2, 0.25) is 0 Å². The van der Waals surface area contributed by atoms with Crippen LogP contribution in [0.25, 0.3) is 11.1 Å². The van der Waals surface area contributed by atoms with Crippen LogP contribution in [0, 0.1) is 0 Å². The van der Waals surface area contributed by atoms with Gasteiger partial charge in [0.2, 0.25) is 0 Å². The molecule has 3 N–H and O–H groups in total. The highest BCUT2D eigenvalue weighted by Gasteiger charge is 2.21. The Hall–Kier alpha value is -2.69. The molecule has 0 fully saturated rings. The Morgan fingerprint density at radius 3 is 2.35 bits per heavy atom. The van der Waals surface area contributed by atoms with Crippen molar-refractivity contribution in [2.45, 2.75) is 0 Å². The van der Waals surface area contributed by atoms with Gasteiger partial charge in [-0.25, -0.2) is 4.79 Å². The molecule has 0 aliphatic carbocycles. The van der Waals surface area contributed by atoms with Gasteiger partial charge in [0.25, 0.3) is 0 Å². The Morgan fingerprint density at radius 2 is 1.70 bits per heavy atom. The lowest BCUT2D eigenvalue weighted by Gasteiger charge is -2.20. The highest BCUT2D eigenvalue weighted by Crippen LogP contribution is 2.39. The zero-order valence-electron chi connectivity index (χ0n) is 10.6. The zero-order chi connectivity index (χ0) is 14.1. The van der Waals surface area contributed by atoms with Crippen LogP contribution in [0.3, 0.4) is 0 Å². The molecule has 0 aromatic heterocycles. The molecule has 2 aromatic carbocycles. The first-order valence-corrected chi connectivity index (χ1v) is 6.18. The summed E-state index contributed by atoms with van der Waals surface area (Å²) >= 11 is 0. The maximum Gasteiger partial charge on any atom is 0.336 e. The molecule has 0 amide bonds. The Kier molecular flexibility index (Phi) is 2.95. The number of rotatable bonds is 2. The lowest BCUT2D eigenvalue weighted by Crippen LogP contribution is -2.16. The number of ether oxygens (including phenoxy) is 2. The summed E-state index contributed by atoms with van der Waals surface area (Å²) in [5.74, 6) is -0.0355. The minimum absolute atomic E-state index is 0.146. The fourth-order valence-electron chi connectivity index (χ4n) is 2.23. The van der Waals surface area contributed by atoms with E-state index in [9.17, 15) is 9.90 Å². The van der Waals surface area contributed by atoms with Crippen LogP contribution in [0.4, 0.5) is 5.69 Å². The number of benzene rings is 2. The van der Waals surface area contributed by atoms with Gasteiger partial charge in [0.1, 0.15) is 13.2 Å². The number of nitrogens with two attached hydrogens (primary N) is 1. The lowest BCUT2D eigenvalue weighted by molar-refractivity contribution is 0.0696. The fraction of sp³-hybridized carbons (Fsp3) is 0.133. The fourth-order valence-corrected chi connectivity index (χ4v) is 2.23. The standard InChI is InChI=1S/C15H13NO4/c16-12-4-2-1-3-9(12)10-7-13-14(20-6-5-19-13)8-11(10)15(17)18/h1-4,7-8H,5-6,16H2,(H,17,18). The van der Waals surface area contributed by atoms with Gasteiger partial charge >= 0.3 is 5.97 Å². The molecular weight excluding hydrogens is 258 g/mol. The summed E-state index contributed by atoms with van der Waals surface area (Å²) in [5.41, 5.74) is 7.79. The molecule has 20 heavy (non-hydrogen) atoms. The van der Waals surface area contributed by atoms with Gasteiger partial charge in [-0.05, 0) is 18.2 Å². The Balaban J connectivity index is 2.23. The molecule has 0 atom stereocenters. The van der Waals surface area contributed by atoms with Crippen molar-refractivity contribution in [1.29, 1.82) is 0 Å². The summed E-state index contributed by atoms with van der Waals surface area (Å²) in [6.07, 6.45) is 0. The number of hydrogen-bond acceptors (Lipinski definition) is 4. The number of carboxylic acids is 1. The third-order valence-electron chi connectivity index (χ3n) is 3.16. The van der Waals surface area contributed by atoms with Crippen LogP contribution in [0.5, 0.6) is 11.5 Å². The molecule has 3 rings (SSSR count). The molecule has 1 aliphatic rings. The van der Waals surface area contributed by atoms with Gasteiger partial charge in [-0.1, -0.05) is 18.2 Å². The topological polar surface area (TPSA) is 81.8 Å². The minimum atomic E-state index is -1.03. The van der Waals surface area contributed by atoms with E-state index >= 15 is 0 Å². The molecule has 1 heterocycles. The summed E-state index contributed by atoms with van der Waals surface area (Å²) in [4.78, 5) is 11.5. The van der Waals surface area contributed by atoms with Gasteiger partial charge in [0, 0.05) is 16.8 Å². The summed E-state index contributed by atoms with van der Waals surface area (Å²) in [5, 5.41) is 9.38. The lowest BCUT2D eigenvalue weighted by atomic mass is 9.97. The number of carbonyl (C=O) groups is 1. The summed E-state index contributed by atoms with van der Waals surface area (Å²) in [6, 6.07) is 10.3. The quantitative estimate of drug-likeness (QED) is 0.820. The number of hydrogen-bond donors (Lipinski definition) is 2. The summed E-state index contributed by atoms with van der Waals surface area (Å²) in [6.45, 7) is 0.863. The number of aromatic carboxylic acids is 1. The number of fused-ring (bicyclic) bond motifs is 1. The first-order chi connectivity index (χ1) is 9.66. The van der Waals surface area contributed by atoms with Gasteiger partial charge in [-0.3, -0.25) is 0 Å². The average molecular weight is 271 g/mol. The van der Waals surface area contributed by atoms with Crippen LogP contribution in [-0.2, 0) is 0 Å². The van der Waals surface area contributed by atoms with Crippen molar-refractivity contribution >= 4 is 11.7 Å². The van der Waals surface area contributed by atoms with E-state index in [0.717, 1.165) is 0 Å². The molecule has 102 valence electrons. The smallest absolute Gasteiger partial charge is 0.336 e. The van der Waals surface area contributed by atoms with Gasteiger partial charge in [-0.15, -0.1) is 0 Å². The van der Waals surface area contributed by atoms with E-state index in [2.05, 4.69) is 0 Å². The molecule has 0 saturated heterocycles. The normalized spacial score (nSPS) is 13.0. The zero-order valence-corrected chi connectivity index (χ0v) is 10.6. The van der Waals surface area contributed by atoms with Crippen molar-refractivity contribution in [1.82, 2.24) is 0 Å². The minimum Gasteiger partial charge on any atom is -0.486 e. The predicted octanol–water partition coefficient (Wildman–Crippen LogP) is 2.41. The van der Waals surface area contributed by atoms with E-state index in [4.69, 9.17) is 15.2 Å². The van der Waals surface area contributed by atoms with Crippen molar-refractivity contribution in [3.63, 3.8) is 0 Å². The van der Waals surface area contributed by atoms with Crippen molar-refractivity contribution in [2.75, 3.05) is 18.9 Å². The third kappa shape index (κ3) is 2.03. The molecule has 2 aromatic rings. The van der Waals surface area contributed by atoms with Gasteiger partial charge in [0.15, 0.2) is 11.5 Å². The number of anilines is 1. The monoisotopic (exact) mass is 271 g/mol. The van der Waals surface area contributed by atoms with Crippen LogP contribution in [-0.4, -0.2) is 24.3 Å². The highest BCUT2D eigenvalue weighted by molar-refractivity contribution is 5.99. The average Bonchev–Trinajstić information content (AvgIpc) is 2.46. The molecule has 0 spiro atoms. The molecule has 1 aliphatic heterocycles. The Labute approximate surface area is 115 Å². The van der Waals surface area contributed by atoms with Crippen LogP contribution >= 0.6 is 0 Å². The summed E-state index contributed by atoms with van der Waals surface area (Å²) < 4.78 is 10.9. The summed E-state index contributed by atoms with van der Waals surface area (Å²) in [7, 11) is 0. The van der Waals surface area contributed by atoms with Crippen LogP contribution in [0.15, 0.2) is 36.4 Å². The van der Waals surface area contributed by atoms with Crippen molar-refractivity contribution in [3.8, 4) is 22.6 Å². The van der Waals surface area contributed by atoms with Crippen LogP contribution < -0.4 is 15.2 Å². The van der Waals surface area contributed by atoms with Gasteiger partial charge in [-0.2, -0.15) is 0 Å². The number of nitrogen functional groups attached to an aromatic ring is 1. The van der Waals surface area contributed by atoms with Gasteiger partial charge in [0.05, 0.1) is 5.56 Å². The Bertz CT molecular complexity index is 682. The molecule has 5 heteroatoms. The third-order valence-corrected chi connectivity index (χ3v) is 3.16. The van der Waals surface area contributed by atoms with Crippen molar-refractivity contribution < 1.29 is 19.4 Å². The first kappa shape index (κ1) is 12.3. The van der Waals surface area contributed by atoms with Crippen LogP contribution in [0.1, 0.15) is 10.4 Å². The van der Waals surface area contributed by atoms with E-state index in [-0.39, 0.29) is 5.56 Å². The van der Waals surface area contributed by atoms with Crippen molar-refractivity contribution in [3.05, 3.63) is 42.0 Å². The van der Waals surface area contributed by atoms with E-state index in [1.807, 2.05) is 6.07 Å². The Morgan fingerprint density at radius 1 is 1.05 bits per heavy atom. The van der Waals surface area contributed by atoms with E-state index in [1.165, 1.54) is 6.07 Å². The second-order valence-corrected chi connectivity index (χ2v) is 4.43. The van der Waals surface area contributed by atoms with E-state index < -0.39 is 5.97 Å². The number of carboxylic acid groups (broad SMARTS) is 1. The maximum atomic E-state index is 11.5. The second kappa shape index (κ2) is 4.77. The van der Waals surface area contributed by atoms with E-state index in [0.29, 0.717) is 41.5 Å². The molecule has 0 unspecified atom stereocenters. The SMILES string of the molecule is Nc1ccccc1-c1cc2c(cc1C(=O)O)OCCO2. The molecule has 5 nitrogen and oxygen atoms in total. The largest absolute Gasteiger partial charge is 0.486 e. The predicted molar refractivity (Wildman–Crippen MR) is 74.2 cm³/mol.